The first-order chi connectivity index (χ1) is 8.49. The van der Waals surface area contributed by atoms with E-state index in [2.05, 4.69) is 31.0 Å². The van der Waals surface area contributed by atoms with Crippen LogP contribution in [-0.2, 0) is 0 Å². The number of nitrogens with two attached hydrogens (primary N) is 1. The SMILES string of the molecule is CC1CC(C)C(C)N(C(=O)c2ccc(N)nn2)C1. The van der Waals surface area contributed by atoms with Crippen molar-refractivity contribution in [3.63, 3.8) is 0 Å². The monoisotopic (exact) mass is 248 g/mol. The third-order valence-electron chi connectivity index (χ3n) is 3.76. The van der Waals surface area contributed by atoms with Gasteiger partial charge in [-0.2, -0.15) is 0 Å². The molecule has 98 valence electrons. The maximum atomic E-state index is 12.4. The molecule has 0 aliphatic carbocycles. The van der Waals surface area contributed by atoms with E-state index in [1.54, 1.807) is 12.1 Å². The van der Waals surface area contributed by atoms with Crippen LogP contribution in [0.2, 0.25) is 0 Å². The van der Waals surface area contributed by atoms with Crippen molar-refractivity contribution in [2.45, 2.75) is 33.2 Å². The van der Waals surface area contributed by atoms with Crippen LogP contribution in [0, 0.1) is 11.8 Å². The Morgan fingerprint density at radius 1 is 1.33 bits per heavy atom. The predicted octanol–water partition coefficient (Wildman–Crippen LogP) is 1.57. The topological polar surface area (TPSA) is 72.1 Å². The van der Waals surface area contributed by atoms with Gasteiger partial charge >= 0.3 is 0 Å². The Bertz CT molecular complexity index is 431. The van der Waals surface area contributed by atoms with Gasteiger partial charge < -0.3 is 10.6 Å². The number of likely N-dealkylation sites (tertiary alicyclic amines) is 1. The lowest BCUT2D eigenvalue weighted by Crippen LogP contribution is -2.49. The van der Waals surface area contributed by atoms with E-state index >= 15 is 0 Å². The number of nitrogen functional groups attached to an aromatic ring is 1. The lowest BCUT2D eigenvalue weighted by molar-refractivity contribution is 0.0449. The molecule has 0 radical (unpaired) electrons. The summed E-state index contributed by atoms with van der Waals surface area (Å²) in [5, 5.41) is 7.61. The van der Waals surface area contributed by atoms with Gasteiger partial charge in [0.25, 0.3) is 5.91 Å². The van der Waals surface area contributed by atoms with Crippen molar-refractivity contribution in [3.8, 4) is 0 Å². The fourth-order valence-electron chi connectivity index (χ4n) is 2.59. The quantitative estimate of drug-likeness (QED) is 0.818. The van der Waals surface area contributed by atoms with E-state index in [0.29, 0.717) is 23.3 Å². The lowest BCUT2D eigenvalue weighted by atomic mass is 9.86. The molecule has 18 heavy (non-hydrogen) atoms. The summed E-state index contributed by atoms with van der Waals surface area (Å²) < 4.78 is 0. The van der Waals surface area contributed by atoms with Gasteiger partial charge in [-0.1, -0.05) is 13.8 Å². The Hall–Kier alpha value is -1.65. The van der Waals surface area contributed by atoms with Gasteiger partial charge in [0, 0.05) is 12.6 Å². The molecule has 3 atom stereocenters. The fraction of sp³-hybridized carbons (Fsp3) is 0.615. The van der Waals surface area contributed by atoms with Gasteiger partial charge in [0.2, 0.25) is 0 Å². The molecule has 2 rings (SSSR count). The fourth-order valence-corrected chi connectivity index (χ4v) is 2.59. The number of piperidine rings is 1. The Morgan fingerprint density at radius 3 is 2.67 bits per heavy atom. The average molecular weight is 248 g/mol. The van der Waals surface area contributed by atoms with Crippen molar-refractivity contribution < 1.29 is 4.79 Å². The average Bonchev–Trinajstić information content (AvgIpc) is 2.34. The van der Waals surface area contributed by atoms with E-state index in [-0.39, 0.29) is 11.9 Å². The number of carbonyl (C=O) groups is 1. The highest BCUT2D eigenvalue weighted by Crippen LogP contribution is 2.27. The van der Waals surface area contributed by atoms with Gasteiger partial charge in [-0.15, -0.1) is 10.2 Å². The maximum Gasteiger partial charge on any atom is 0.274 e. The van der Waals surface area contributed by atoms with E-state index in [9.17, 15) is 4.79 Å². The molecule has 0 saturated carbocycles. The Morgan fingerprint density at radius 2 is 2.06 bits per heavy atom. The number of nitrogens with zero attached hydrogens (tertiary/aromatic N) is 3. The first-order valence-corrected chi connectivity index (χ1v) is 6.39. The summed E-state index contributed by atoms with van der Waals surface area (Å²) in [4.78, 5) is 14.3. The summed E-state index contributed by atoms with van der Waals surface area (Å²) >= 11 is 0. The molecule has 0 aromatic carbocycles. The normalized spacial score (nSPS) is 28.2. The Kier molecular flexibility index (Phi) is 3.50. The van der Waals surface area contributed by atoms with Gasteiger partial charge in [-0.3, -0.25) is 4.79 Å². The zero-order valence-corrected chi connectivity index (χ0v) is 11.1. The number of aromatic nitrogens is 2. The van der Waals surface area contributed by atoms with Crippen molar-refractivity contribution in [3.05, 3.63) is 17.8 Å². The molecule has 2 heterocycles. The van der Waals surface area contributed by atoms with Crippen LogP contribution in [0.3, 0.4) is 0 Å². The van der Waals surface area contributed by atoms with Gasteiger partial charge in [0.05, 0.1) is 0 Å². The lowest BCUT2D eigenvalue weighted by Gasteiger charge is -2.40. The predicted molar refractivity (Wildman–Crippen MR) is 69.9 cm³/mol. The number of anilines is 1. The van der Waals surface area contributed by atoms with Crippen LogP contribution in [0.5, 0.6) is 0 Å². The summed E-state index contributed by atoms with van der Waals surface area (Å²) in [6, 6.07) is 3.50. The zero-order chi connectivity index (χ0) is 13.3. The molecule has 1 aromatic heterocycles. The van der Waals surface area contributed by atoms with Crippen LogP contribution >= 0.6 is 0 Å². The van der Waals surface area contributed by atoms with Gasteiger partial charge in [-0.25, -0.2) is 0 Å². The second-order valence-corrected chi connectivity index (χ2v) is 5.36. The molecule has 1 amide bonds. The van der Waals surface area contributed by atoms with Crippen LogP contribution in [-0.4, -0.2) is 33.6 Å². The highest BCUT2D eigenvalue weighted by Gasteiger charge is 2.32. The number of amides is 1. The minimum absolute atomic E-state index is 0.0478. The third kappa shape index (κ3) is 2.44. The molecule has 0 spiro atoms. The molecule has 1 saturated heterocycles. The highest BCUT2D eigenvalue weighted by atomic mass is 16.2. The highest BCUT2D eigenvalue weighted by molar-refractivity contribution is 5.92. The van der Waals surface area contributed by atoms with Crippen molar-refractivity contribution in [2.24, 2.45) is 11.8 Å². The van der Waals surface area contributed by atoms with Crippen molar-refractivity contribution in [1.82, 2.24) is 15.1 Å². The van der Waals surface area contributed by atoms with Crippen LogP contribution in [0.25, 0.3) is 0 Å². The summed E-state index contributed by atoms with van der Waals surface area (Å²) in [5.41, 5.74) is 5.85. The first-order valence-electron chi connectivity index (χ1n) is 6.39. The molecule has 1 aliphatic heterocycles. The van der Waals surface area contributed by atoms with E-state index in [4.69, 9.17) is 5.73 Å². The zero-order valence-electron chi connectivity index (χ0n) is 11.1. The number of rotatable bonds is 1. The van der Waals surface area contributed by atoms with Crippen molar-refractivity contribution in [2.75, 3.05) is 12.3 Å². The van der Waals surface area contributed by atoms with Gasteiger partial charge in [0.1, 0.15) is 5.82 Å². The number of hydrogen-bond donors (Lipinski definition) is 1. The number of hydrogen-bond acceptors (Lipinski definition) is 4. The summed E-state index contributed by atoms with van der Waals surface area (Å²) in [5.74, 6) is 1.33. The summed E-state index contributed by atoms with van der Waals surface area (Å²) in [7, 11) is 0. The van der Waals surface area contributed by atoms with E-state index in [1.807, 2.05) is 4.90 Å². The Balaban J connectivity index is 2.19. The van der Waals surface area contributed by atoms with Gasteiger partial charge in [-0.05, 0) is 37.3 Å². The standard InChI is InChI=1S/C13H20N4O/c1-8-6-9(2)10(3)17(7-8)13(18)11-4-5-12(14)16-15-11/h4-5,8-10H,6-7H2,1-3H3,(H2,14,16). The van der Waals surface area contributed by atoms with E-state index in [0.717, 1.165) is 6.54 Å². The van der Waals surface area contributed by atoms with Crippen LogP contribution in [0.15, 0.2) is 12.1 Å². The van der Waals surface area contributed by atoms with Crippen molar-refractivity contribution in [1.29, 1.82) is 0 Å². The second-order valence-electron chi connectivity index (χ2n) is 5.36. The first kappa shape index (κ1) is 12.8. The third-order valence-corrected chi connectivity index (χ3v) is 3.76. The van der Waals surface area contributed by atoms with Crippen molar-refractivity contribution >= 4 is 11.7 Å². The van der Waals surface area contributed by atoms with Crippen LogP contribution < -0.4 is 5.73 Å². The largest absolute Gasteiger partial charge is 0.382 e. The summed E-state index contributed by atoms with van der Waals surface area (Å²) in [6.07, 6.45) is 1.17. The molecule has 1 fully saturated rings. The minimum Gasteiger partial charge on any atom is -0.382 e. The smallest absolute Gasteiger partial charge is 0.274 e. The molecular weight excluding hydrogens is 228 g/mol. The number of carbonyl (C=O) groups excluding carboxylic acids is 1. The molecule has 3 unspecified atom stereocenters. The second kappa shape index (κ2) is 4.92. The molecule has 0 bridgehead atoms. The minimum atomic E-state index is -0.0478. The Labute approximate surface area is 107 Å². The molecular formula is C13H20N4O. The van der Waals surface area contributed by atoms with Crippen LogP contribution in [0.1, 0.15) is 37.7 Å². The van der Waals surface area contributed by atoms with E-state index in [1.165, 1.54) is 6.42 Å². The molecule has 2 N–H and O–H groups in total. The molecule has 1 aliphatic rings. The molecule has 1 aromatic rings. The van der Waals surface area contributed by atoms with Gasteiger partial charge in [0.15, 0.2) is 5.69 Å². The molecule has 5 nitrogen and oxygen atoms in total. The van der Waals surface area contributed by atoms with E-state index < -0.39 is 0 Å². The summed E-state index contributed by atoms with van der Waals surface area (Å²) in [6.45, 7) is 7.25. The molecule has 5 heteroatoms. The maximum absolute atomic E-state index is 12.4. The van der Waals surface area contributed by atoms with Crippen LogP contribution in [0.4, 0.5) is 5.82 Å².